The van der Waals surface area contributed by atoms with Gasteiger partial charge in [0, 0.05) is 6.92 Å². The molecule has 0 spiro atoms. The Balaban J connectivity index is 2.62. The zero-order valence-electron chi connectivity index (χ0n) is 9.80. The number of methoxy groups -OCH3 is 1. The van der Waals surface area contributed by atoms with Crippen LogP contribution >= 0.6 is 0 Å². The van der Waals surface area contributed by atoms with Crippen LogP contribution < -0.4 is 10.5 Å². The summed E-state index contributed by atoms with van der Waals surface area (Å²) >= 11 is 0. The Kier molecular flexibility index (Phi) is 4.66. The topological polar surface area (TPSA) is 78.6 Å². The maximum Gasteiger partial charge on any atom is 0.322 e. The van der Waals surface area contributed by atoms with E-state index in [4.69, 9.17) is 10.5 Å². The van der Waals surface area contributed by atoms with Crippen molar-refractivity contribution >= 4 is 11.9 Å². The molecule has 0 heterocycles. The number of nitrogens with two attached hydrogens (primary N) is 1. The minimum atomic E-state index is -0.681. The van der Waals surface area contributed by atoms with Gasteiger partial charge in [-0.1, -0.05) is 12.1 Å². The average Bonchev–Trinajstić information content (AvgIpc) is 2.30. The van der Waals surface area contributed by atoms with Gasteiger partial charge in [-0.15, -0.1) is 0 Å². The number of carbonyl (C=O) groups excluding carboxylic acids is 2. The number of esters is 2. The minimum Gasteiger partial charge on any atom is -0.468 e. The highest BCUT2D eigenvalue weighted by Crippen LogP contribution is 2.13. The third kappa shape index (κ3) is 4.24. The predicted octanol–water partition coefficient (Wildman–Crippen LogP) is 0.655. The van der Waals surface area contributed by atoms with E-state index in [2.05, 4.69) is 4.74 Å². The van der Waals surface area contributed by atoms with Crippen molar-refractivity contribution in [2.45, 2.75) is 19.4 Å². The van der Waals surface area contributed by atoms with E-state index in [1.165, 1.54) is 14.0 Å². The quantitative estimate of drug-likeness (QED) is 0.614. The van der Waals surface area contributed by atoms with E-state index in [0.717, 1.165) is 5.56 Å². The Labute approximate surface area is 99.5 Å². The second-order valence-electron chi connectivity index (χ2n) is 3.57. The Morgan fingerprint density at radius 3 is 2.35 bits per heavy atom. The molecule has 0 saturated carbocycles. The van der Waals surface area contributed by atoms with Gasteiger partial charge in [-0.3, -0.25) is 9.59 Å². The number of benzene rings is 1. The summed E-state index contributed by atoms with van der Waals surface area (Å²) in [6.45, 7) is 1.33. The van der Waals surface area contributed by atoms with Crippen LogP contribution in [-0.2, 0) is 20.7 Å². The smallest absolute Gasteiger partial charge is 0.322 e. The number of hydrogen-bond acceptors (Lipinski definition) is 5. The van der Waals surface area contributed by atoms with Crippen molar-refractivity contribution in [1.29, 1.82) is 0 Å². The summed E-state index contributed by atoms with van der Waals surface area (Å²) in [5.74, 6) is -0.356. The average molecular weight is 237 g/mol. The van der Waals surface area contributed by atoms with Gasteiger partial charge < -0.3 is 15.2 Å². The lowest BCUT2D eigenvalue weighted by Gasteiger charge is -2.09. The van der Waals surface area contributed by atoms with Crippen LogP contribution in [0.15, 0.2) is 24.3 Å². The van der Waals surface area contributed by atoms with Gasteiger partial charge >= 0.3 is 11.9 Å². The van der Waals surface area contributed by atoms with Gasteiger partial charge in [0.2, 0.25) is 0 Å². The van der Waals surface area contributed by atoms with E-state index in [-0.39, 0.29) is 5.97 Å². The third-order valence-electron chi connectivity index (χ3n) is 2.14. The van der Waals surface area contributed by atoms with Crippen molar-refractivity contribution in [2.75, 3.05) is 7.11 Å². The van der Waals surface area contributed by atoms with Crippen molar-refractivity contribution < 1.29 is 19.1 Å². The molecule has 5 heteroatoms. The van der Waals surface area contributed by atoms with E-state index in [1.54, 1.807) is 24.3 Å². The first-order valence-electron chi connectivity index (χ1n) is 5.13. The van der Waals surface area contributed by atoms with Crippen LogP contribution in [0.1, 0.15) is 12.5 Å². The zero-order valence-corrected chi connectivity index (χ0v) is 9.80. The molecular weight excluding hydrogens is 222 g/mol. The molecule has 5 nitrogen and oxygen atoms in total. The fourth-order valence-corrected chi connectivity index (χ4v) is 1.35. The third-order valence-corrected chi connectivity index (χ3v) is 2.14. The SMILES string of the molecule is COC(=O)C(N)Cc1ccc(OC(C)=O)cc1. The van der Waals surface area contributed by atoms with Gasteiger partial charge in [-0.2, -0.15) is 0 Å². The Hall–Kier alpha value is -1.88. The fourth-order valence-electron chi connectivity index (χ4n) is 1.35. The summed E-state index contributed by atoms with van der Waals surface area (Å²) in [5.41, 5.74) is 6.49. The van der Waals surface area contributed by atoms with Crippen molar-refractivity contribution in [3.63, 3.8) is 0 Å². The summed E-state index contributed by atoms with van der Waals surface area (Å²) in [4.78, 5) is 21.8. The van der Waals surface area contributed by atoms with Crippen LogP contribution in [0, 0.1) is 0 Å². The van der Waals surface area contributed by atoms with Gasteiger partial charge in [-0.05, 0) is 24.1 Å². The predicted molar refractivity (Wildman–Crippen MR) is 61.4 cm³/mol. The largest absolute Gasteiger partial charge is 0.468 e. The maximum absolute atomic E-state index is 11.1. The lowest BCUT2D eigenvalue weighted by Crippen LogP contribution is -2.33. The van der Waals surface area contributed by atoms with Crippen LogP contribution in [0.5, 0.6) is 5.75 Å². The number of carbonyl (C=O) groups is 2. The van der Waals surface area contributed by atoms with Crippen LogP contribution in [0.2, 0.25) is 0 Å². The molecule has 0 fully saturated rings. The molecule has 1 atom stereocenters. The fraction of sp³-hybridized carbons (Fsp3) is 0.333. The van der Waals surface area contributed by atoms with Crippen molar-refractivity contribution in [3.05, 3.63) is 29.8 Å². The van der Waals surface area contributed by atoms with Gasteiger partial charge in [0.05, 0.1) is 7.11 Å². The summed E-state index contributed by atoms with van der Waals surface area (Å²) in [7, 11) is 1.30. The van der Waals surface area contributed by atoms with E-state index in [0.29, 0.717) is 12.2 Å². The molecule has 2 N–H and O–H groups in total. The molecule has 1 unspecified atom stereocenters. The number of rotatable bonds is 4. The van der Waals surface area contributed by atoms with Gasteiger partial charge in [0.1, 0.15) is 11.8 Å². The van der Waals surface area contributed by atoms with Crippen LogP contribution in [0.25, 0.3) is 0 Å². The highest BCUT2D eigenvalue weighted by Gasteiger charge is 2.14. The summed E-state index contributed by atoms with van der Waals surface area (Å²) in [5, 5.41) is 0. The van der Waals surface area contributed by atoms with Gasteiger partial charge in [0.15, 0.2) is 0 Å². The van der Waals surface area contributed by atoms with Crippen LogP contribution in [-0.4, -0.2) is 25.1 Å². The highest BCUT2D eigenvalue weighted by atomic mass is 16.5. The summed E-state index contributed by atoms with van der Waals surface area (Å²) < 4.78 is 9.41. The monoisotopic (exact) mass is 237 g/mol. The van der Waals surface area contributed by atoms with Crippen LogP contribution in [0.4, 0.5) is 0 Å². The first-order valence-corrected chi connectivity index (χ1v) is 5.13. The van der Waals surface area contributed by atoms with Gasteiger partial charge in [0.25, 0.3) is 0 Å². The van der Waals surface area contributed by atoms with Crippen molar-refractivity contribution in [2.24, 2.45) is 5.73 Å². The van der Waals surface area contributed by atoms with E-state index in [9.17, 15) is 9.59 Å². The highest BCUT2D eigenvalue weighted by molar-refractivity contribution is 5.75. The summed E-state index contributed by atoms with van der Waals surface area (Å²) in [6, 6.07) is 6.13. The molecule has 92 valence electrons. The minimum absolute atomic E-state index is 0.371. The molecule has 0 aliphatic carbocycles. The standard InChI is InChI=1S/C12H15NO4/c1-8(14)17-10-5-3-9(4-6-10)7-11(13)12(15)16-2/h3-6,11H,7,13H2,1-2H3. The molecule has 0 radical (unpaired) electrons. The molecule has 0 amide bonds. The zero-order chi connectivity index (χ0) is 12.8. The molecule has 0 aliphatic heterocycles. The van der Waals surface area contributed by atoms with E-state index < -0.39 is 12.0 Å². The normalized spacial score (nSPS) is 11.7. The Bertz CT molecular complexity index is 399. The summed E-state index contributed by atoms with van der Waals surface area (Å²) in [6.07, 6.45) is 0.382. The van der Waals surface area contributed by atoms with E-state index >= 15 is 0 Å². The number of ether oxygens (including phenoxy) is 2. The molecular formula is C12H15NO4. The van der Waals surface area contributed by atoms with Crippen LogP contribution in [0.3, 0.4) is 0 Å². The maximum atomic E-state index is 11.1. The molecule has 0 aromatic heterocycles. The van der Waals surface area contributed by atoms with Crippen molar-refractivity contribution in [1.82, 2.24) is 0 Å². The molecule has 1 aromatic carbocycles. The van der Waals surface area contributed by atoms with Gasteiger partial charge in [-0.25, -0.2) is 0 Å². The molecule has 0 aliphatic rings. The molecule has 0 bridgehead atoms. The first-order chi connectivity index (χ1) is 8.02. The van der Waals surface area contributed by atoms with E-state index in [1.807, 2.05) is 0 Å². The number of hydrogen-bond donors (Lipinski definition) is 1. The Morgan fingerprint density at radius 2 is 1.88 bits per heavy atom. The Morgan fingerprint density at radius 1 is 1.29 bits per heavy atom. The van der Waals surface area contributed by atoms with Crippen molar-refractivity contribution in [3.8, 4) is 5.75 Å². The second-order valence-corrected chi connectivity index (χ2v) is 3.57. The molecule has 1 rings (SSSR count). The molecule has 0 saturated heterocycles. The lowest BCUT2D eigenvalue weighted by molar-refractivity contribution is -0.142. The first kappa shape index (κ1) is 13.2. The second kappa shape index (κ2) is 6.00. The lowest BCUT2D eigenvalue weighted by atomic mass is 10.1. The molecule has 17 heavy (non-hydrogen) atoms. The molecule has 1 aromatic rings.